The van der Waals surface area contributed by atoms with Crippen molar-refractivity contribution in [1.29, 1.82) is 0 Å². The normalized spacial score (nSPS) is 21.8. The van der Waals surface area contributed by atoms with Gasteiger partial charge >= 0.3 is 0 Å². The molecule has 1 spiro atoms. The summed E-state index contributed by atoms with van der Waals surface area (Å²) in [5.41, 5.74) is 4.81. The highest BCUT2D eigenvalue weighted by atomic mass is 19.1. The number of nitrogens with two attached hydrogens (primary N) is 1. The lowest BCUT2D eigenvalue weighted by molar-refractivity contribution is -0.127. The van der Waals surface area contributed by atoms with Crippen molar-refractivity contribution < 1.29 is 18.4 Å². The predicted molar refractivity (Wildman–Crippen MR) is 80.4 cm³/mol. The molecule has 1 aliphatic heterocycles. The Morgan fingerprint density at radius 2 is 1.91 bits per heavy atom. The Kier molecular flexibility index (Phi) is 3.32. The molecule has 2 N–H and O–H groups in total. The van der Waals surface area contributed by atoms with Gasteiger partial charge in [-0.25, -0.2) is 8.78 Å². The largest absolute Gasteiger partial charge is 0.396 e. The maximum absolute atomic E-state index is 13.7. The third-order valence-electron chi connectivity index (χ3n) is 4.59. The number of carbonyl (C=O) groups is 2. The number of nitrogens with zero attached hydrogens (tertiary/aromatic N) is 1. The summed E-state index contributed by atoms with van der Waals surface area (Å²) in [6.45, 7) is 4.35. The van der Waals surface area contributed by atoms with Gasteiger partial charge in [0.1, 0.15) is 11.6 Å². The van der Waals surface area contributed by atoms with Crippen LogP contribution in [0.25, 0.3) is 0 Å². The topological polar surface area (TPSA) is 63.4 Å². The van der Waals surface area contributed by atoms with Gasteiger partial charge in [0.2, 0.25) is 0 Å². The maximum atomic E-state index is 13.7. The second kappa shape index (κ2) is 4.88. The van der Waals surface area contributed by atoms with Crippen LogP contribution in [0.2, 0.25) is 0 Å². The summed E-state index contributed by atoms with van der Waals surface area (Å²) in [4.78, 5) is 25.8. The Labute approximate surface area is 132 Å². The predicted octanol–water partition coefficient (Wildman–Crippen LogP) is 2.25. The molecule has 1 aromatic carbocycles. The quantitative estimate of drug-likeness (QED) is 0.863. The summed E-state index contributed by atoms with van der Waals surface area (Å²) in [5.74, 6) is -2.04. The number of amides is 1. The number of ketones is 1. The van der Waals surface area contributed by atoms with Gasteiger partial charge in [0.05, 0.1) is 11.3 Å². The van der Waals surface area contributed by atoms with Crippen LogP contribution in [0.3, 0.4) is 0 Å². The van der Waals surface area contributed by atoms with Crippen molar-refractivity contribution in [3.63, 3.8) is 0 Å². The zero-order chi connectivity index (χ0) is 17.0. The second-order valence-electron chi connectivity index (χ2n) is 7.14. The fourth-order valence-corrected chi connectivity index (χ4v) is 3.69. The van der Waals surface area contributed by atoms with Crippen LogP contribution in [0.4, 0.5) is 8.78 Å². The summed E-state index contributed by atoms with van der Waals surface area (Å²) in [5, 5.41) is 0. The van der Waals surface area contributed by atoms with E-state index in [-0.39, 0.29) is 22.5 Å². The van der Waals surface area contributed by atoms with Crippen molar-refractivity contribution in [1.82, 2.24) is 4.90 Å². The van der Waals surface area contributed by atoms with E-state index in [0.717, 1.165) is 18.2 Å². The summed E-state index contributed by atoms with van der Waals surface area (Å²) < 4.78 is 27.0. The highest BCUT2D eigenvalue weighted by Crippen LogP contribution is 2.47. The van der Waals surface area contributed by atoms with Crippen molar-refractivity contribution >= 4 is 11.7 Å². The third kappa shape index (κ3) is 2.52. The third-order valence-corrected chi connectivity index (χ3v) is 4.59. The molecule has 1 aromatic rings. The van der Waals surface area contributed by atoms with E-state index in [9.17, 15) is 18.4 Å². The number of Topliss-reactive ketones (excluding diaryl/α,β-unsaturated/α-hetero) is 1. The van der Waals surface area contributed by atoms with Crippen LogP contribution < -0.4 is 5.73 Å². The van der Waals surface area contributed by atoms with Gasteiger partial charge < -0.3 is 10.6 Å². The van der Waals surface area contributed by atoms with E-state index in [1.54, 1.807) is 6.08 Å². The van der Waals surface area contributed by atoms with Crippen LogP contribution in [0.15, 0.2) is 30.0 Å². The van der Waals surface area contributed by atoms with Crippen LogP contribution in [-0.4, -0.2) is 29.7 Å². The van der Waals surface area contributed by atoms with Gasteiger partial charge in [0.15, 0.2) is 5.78 Å². The number of carbonyl (C=O) groups excluding carboxylic acids is 2. The van der Waals surface area contributed by atoms with Crippen molar-refractivity contribution in [2.75, 3.05) is 13.1 Å². The smallest absolute Gasteiger partial charge is 0.256 e. The molecular weight excluding hydrogens is 302 g/mol. The number of likely N-dealkylation sites (tertiary alicyclic amines) is 1. The van der Waals surface area contributed by atoms with E-state index in [0.29, 0.717) is 19.5 Å². The van der Waals surface area contributed by atoms with Gasteiger partial charge in [0, 0.05) is 23.9 Å². The summed E-state index contributed by atoms with van der Waals surface area (Å²) >= 11 is 0. The van der Waals surface area contributed by atoms with E-state index >= 15 is 0 Å². The van der Waals surface area contributed by atoms with Gasteiger partial charge in [0.25, 0.3) is 5.91 Å². The lowest BCUT2D eigenvalue weighted by atomic mass is 9.62. The Bertz CT molecular complexity index is 734. The first-order valence-electron chi connectivity index (χ1n) is 7.41. The molecule has 1 amide bonds. The van der Waals surface area contributed by atoms with Crippen LogP contribution in [0, 0.1) is 22.5 Å². The minimum absolute atomic E-state index is 0.0934. The first-order valence-corrected chi connectivity index (χ1v) is 7.41. The van der Waals surface area contributed by atoms with Gasteiger partial charge in [-0.05, 0) is 30.7 Å². The van der Waals surface area contributed by atoms with Crippen LogP contribution >= 0.6 is 0 Å². The van der Waals surface area contributed by atoms with Gasteiger partial charge in [-0.2, -0.15) is 0 Å². The molecule has 3 rings (SSSR count). The Hall–Kier alpha value is -2.24. The van der Waals surface area contributed by atoms with E-state index < -0.39 is 23.0 Å². The second-order valence-corrected chi connectivity index (χ2v) is 7.14. The lowest BCUT2D eigenvalue weighted by Gasteiger charge is -2.53. The minimum Gasteiger partial charge on any atom is -0.396 e. The highest BCUT2D eigenvalue weighted by molar-refractivity contribution is 6.00. The van der Waals surface area contributed by atoms with Crippen LogP contribution in [-0.2, 0) is 4.79 Å². The molecule has 0 radical (unpaired) electrons. The summed E-state index contributed by atoms with van der Waals surface area (Å²) in [6, 6.07) is 2.82. The number of halogens is 2. The molecule has 0 aromatic heterocycles. The van der Waals surface area contributed by atoms with E-state index in [4.69, 9.17) is 5.73 Å². The molecule has 23 heavy (non-hydrogen) atoms. The zero-order valence-corrected chi connectivity index (χ0v) is 13.0. The number of allylic oxidation sites excluding steroid dienone is 1. The van der Waals surface area contributed by atoms with E-state index in [1.165, 1.54) is 4.90 Å². The zero-order valence-electron chi connectivity index (χ0n) is 13.0. The van der Waals surface area contributed by atoms with E-state index in [2.05, 4.69) is 0 Å². The molecule has 0 saturated carbocycles. The molecule has 1 heterocycles. The molecule has 1 fully saturated rings. The number of rotatable bonds is 1. The first-order chi connectivity index (χ1) is 10.6. The van der Waals surface area contributed by atoms with Crippen molar-refractivity contribution in [2.24, 2.45) is 16.6 Å². The molecule has 122 valence electrons. The van der Waals surface area contributed by atoms with Crippen molar-refractivity contribution in [2.45, 2.75) is 20.3 Å². The highest BCUT2D eigenvalue weighted by Gasteiger charge is 2.52. The molecule has 0 unspecified atom stereocenters. The van der Waals surface area contributed by atoms with Gasteiger partial charge in [-0.3, -0.25) is 9.59 Å². The average Bonchev–Trinajstić information content (AvgIpc) is 2.43. The maximum Gasteiger partial charge on any atom is 0.256 e. The minimum atomic E-state index is -0.744. The summed E-state index contributed by atoms with van der Waals surface area (Å²) in [6.07, 6.45) is 2.29. The van der Waals surface area contributed by atoms with Crippen molar-refractivity contribution in [3.8, 4) is 0 Å². The Balaban J connectivity index is 1.80. The monoisotopic (exact) mass is 320 g/mol. The first kappa shape index (κ1) is 15.6. The molecule has 4 nitrogen and oxygen atoms in total. The Morgan fingerprint density at radius 3 is 2.52 bits per heavy atom. The van der Waals surface area contributed by atoms with Crippen molar-refractivity contribution in [3.05, 3.63) is 47.2 Å². The lowest BCUT2D eigenvalue weighted by Crippen LogP contribution is -2.61. The van der Waals surface area contributed by atoms with Gasteiger partial charge in [-0.15, -0.1) is 0 Å². The molecule has 2 aliphatic rings. The SMILES string of the molecule is CC1(C)CC2(C=C(N)C1=O)CN(C(=O)c1cc(F)ccc1F)C2. The molecule has 6 heteroatoms. The number of benzene rings is 1. The Morgan fingerprint density at radius 1 is 1.26 bits per heavy atom. The fraction of sp³-hybridized carbons (Fsp3) is 0.412. The molecule has 1 aliphatic carbocycles. The van der Waals surface area contributed by atoms with Crippen LogP contribution in [0.5, 0.6) is 0 Å². The van der Waals surface area contributed by atoms with E-state index in [1.807, 2.05) is 13.8 Å². The number of hydrogen-bond donors (Lipinski definition) is 1. The molecule has 0 bridgehead atoms. The number of hydrogen-bond acceptors (Lipinski definition) is 3. The molecule has 1 saturated heterocycles. The fourth-order valence-electron chi connectivity index (χ4n) is 3.69. The average molecular weight is 320 g/mol. The molecule has 0 atom stereocenters. The van der Waals surface area contributed by atoms with Gasteiger partial charge in [-0.1, -0.05) is 13.8 Å². The molecular formula is C17H18F2N2O2. The standard InChI is InChI=1S/C17H18F2N2O2/c1-16(2)7-17(6-13(20)14(16)22)8-21(9-17)15(23)11-5-10(18)3-4-12(11)19/h3-6H,7-9,20H2,1-2H3. The van der Waals surface area contributed by atoms with Crippen LogP contribution in [0.1, 0.15) is 30.6 Å². The summed E-state index contributed by atoms with van der Waals surface area (Å²) in [7, 11) is 0.